The summed E-state index contributed by atoms with van der Waals surface area (Å²) >= 11 is 1.18. The summed E-state index contributed by atoms with van der Waals surface area (Å²) in [5.41, 5.74) is 2.08. The van der Waals surface area contributed by atoms with E-state index in [4.69, 9.17) is 9.84 Å². The minimum atomic E-state index is -1.01. The van der Waals surface area contributed by atoms with Crippen LogP contribution in [0.3, 0.4) is 0 Å². The molecule has 19 heavy (non-hydrogen) atoms. The van der Waals surface area contributed by atoms with Crippen LogP contribution in [-0.4, -0.2) is 35.1 Å². The lowest BCUT2D eigenvalue weighted by Crippen LogP contribution is -2.40. The maximum absolute atomic E-state index is 12.0. The first-order valence-corrected chi connectivity index (χ1v) is 6.93. The van der Waals surface area contributed by atoms with E-state index in [9.17, 15) is 9.59 Å². The second kappa shape index (κ2) is 7.85. The number of aromatic nitrogens is 1. The van der Waals surface area contributed by atoms with Crippen LogP contribution in [0.1, 0.15) is 41.6 Å². The molecule has 0 aliphatic heterocycles. The van der Waals surface area contributed by atoms with Crippen LogP contribution in [0.25, 0.3) is 0 Å². The van der Waals surface area contributed by atoms with Crippen molar-refractivity contribution in [2.45, 2.75) is 38.8 Å². The molecular formula is C12H18N2O4S. The number of unbranched alkanes of at least 4 members (excludes halogenated alkanes) is 1. The molecule has 1 heterocycles. The molecule has 1 atom stereocenters. The average molecular weight is 286 g/mol. The second-order valence-electron chi connectivity index (χ2n) is 4.07. The van der Waals surface area contributed by atoms with E-state index in [1.807, 2.05) is 6.92 Å². The Morgan fingerprint density at radius 3 is 2.89 bits per heavy atom. The van der Waals surface area contributed by atoms with E-state index in [2.05, 4.69) is 10.3 Å². The fourth-order valence-corrected chi connectivity index (χ4v) is 2.28. The lowest BCUT2D eigenvalue weighted by Gasteiger charge is -2.13. The van der Waals surface area contributed by atoms with Gasteiger partial charge in [0, 0.05) is 7.11 Å². The van der Waals surface area contributed by atoms with Crippen LogP contribution in [-0.2, 0) is 16.1 Å². The van der Waals surface area contributed by atoms with Crippen LogP contribution >= 0.6 is 11.3 Å². The van der Waals surface area contributed by atoms with Crippen molar-refractivity contribution in [1.29, 1.82) is 0 Å². The number of hydrogen-bond donors (Lipinski definition) is 2. The highest BCUT2D eigenvalue weighted by Gasteiger charge is 2.22. The Balaban J connectivity index is 2.70. The molecule has 1 aromatic heterocycles. The van der Waals surface area contributed by atoms with Gasteiger partial charge in [0.1, 0.15) is 10.9 Å². The molecule has 0 saturated heterocycles. The lowest BCUT2D eigenvalue weighted by molar-refractivity contribution is -0.139. The summed E-state index contributed by atoms with van der Waals surface area (Å²) in [6.45, 7) is 2.21. The number of methoxy groups -OCH3 is 1. The summed E-state index contributed by atoms with van der Waals surface area (Å²) in [5, 5.41) is 11.6. The first-order chi connectivity index (χ1) is 9.10. The summed E-state index contributed by atoms with van der Waals surface area (Å²) in [4.78, 5) is 27.5. The summed E-state index contributed by atoms with van der Waals surface area (Å²) in [5.74, 6) is -1.42. The Hall–Kier alpha value is -1.47. The van der Waals surface area contributed by atoms with Crippen molar-refractivity contribution in [3.05, 3.63) is 16.1 Å². The van der Waals surface area contributed by atoms with Crippen LogP contribution in [0.5, 0.6) is 0 Å². The van der Waals surface area contributed by atoms with E-state index in [1.165, 1.54) is 18.4 Å². The third-order valence-corrected chi connectivity index (χ3v) is 3.45. The molecule has 0 aliphatic carbocycles. The van der Waals surface area contributed by atoms with E-state index in [-0.39, 0.29) is 6.61 Å². The maximum Gasteiger partial charge on any atom is 0.326 e. The monoisotopic (exact) mass is 286 g/mol. The summed E-state index contributed by atoms with van der Waals surface area (Å²) in [6, 6.07) is -0.857. The normalized spacial score (nSPS) is 12.1. The molecule has 0 aromatic carbocycles. The van der Waals surface area contributed by atoms with E-state index < -0.39 is 17.9 Å². The fourth-order valence-electron chi connectivity index (χ4n) is 1.58. The molecule has 0 spiro atoms. The zero-order valence-corrected chi connectivity index (χ0v) is 11.8. The van der Waals surface area contributed by atoms with E-state index in [1.54, 1.807) is 5.51 Å². The number of nitrogens with one attached hydrogen (secondary N) is 1. The minimum Gasteiger partial charge on any atom is -0.480 e. The topological polar surface area (TPSA) is 88.5 Å². The molecule has 1 aromatic rings. The van der Waals surface area contributed by atoms with Gasteiger partial charge in [0.2, 0.25) is 0 Å². The molecule has 0 saturated carbocycles. The summed E-state index contributed by atoms with van der Waals surface area (Å²) in [6.07, 6.45) is 2.07. The van der Waals surface area contributed by atoms with Gasteiger partial charge in [-0.25, -0.2) is 9.78 Å². The molecule has 0 fully saturated rings. The van der Waals surface area contributed by atoms with Gasteiger partial charge in [-0.2, -0.15) is 0 Å². The number of hydrogen-bond acceptors (Lipinski definition) is 5. The number of aliphatic carboxylic acids is 1. The predicted molar refractivity (Wildman–Crippen MR) is 71.2 cm³/mol. The zero-order valence-electron chi connectivity index (χ0n) is 11.0. The quantitative estimate of drug-likeness (QED) is 0.758. The highest BCUT2D eigenvalue weighted by molar-refractivity contribution is 7.11. The van der Waals surface area contributed by atoms with Crippen molar-refractivity contribution in [3.8, 4) is 0 Å². The van der Waals surface area contributed by atoms with E-state index in [0.29, 0.717) is 17.0 Å². The minimum absolute atomic E-state index is 0.235. The standard InChI is InChI=1S/C12H18N2O4S/c1-3-4-5-8(12(16)17)14-11(15)10-9(6-18-2)13-7-19-10/h7-8H,3-6H2,1-2H3,(H,14,15)(H,16,17). The van der Waals surface area contributed by atoms with Gasteiger partial charge in [-0.1, -0.05) is 19.8 Å². The van der Waals surface area contributed by atoms with Gasteiger partial charge in [0.25, 0.3) is 5.91 Å². The molecule has 1 rings (SSSR count). The van der Waals surface area contributed by atoms with Gasteiger partial charge in [0.05, 0.1) is 17.8 Å². The molecule has 0 aliphatic rings. The molecule has 1 unspecified atom stereocenters. The summed E-state index contributed by atoms with van der Waals surface area (Å²) < 4.78 is 4.94. The number of carbonyl (C=O) groups excluding carboxylic acids is 1. The smallest absolute Gasteiger partial charge is 0.326 e. The highest BCUT2D eigenvalue weighted by Crippen LogP contribution is 2.15. The molecule has 1 amide bonds. The van der Waals surface area contributed by atoms with Gasteiger partial charge in [0.15, 0.2) is 0 Å². The van der Waals surface area contributed by atoms with Crippen LogP contribution in [0.2, 0.25) is 0 Å². The van der Waals surface area contributed by atoms with Crippen LogP contribution in [0, 0.1) is 0 Å². The third-order valence-electron chi connectivity index (χ3n) is 2.58. The third kappa shape index (κ3) is 4.60. The first-order valence-electron chi connectivity index (χ1n) is 6.05. The Morgan fingerprint density at radius 1 is 1.58 bits per heavy atom. The van der Waals surface area contributed by atoms with Crippen molar-refractivity contribution >= 4 is 23.2 Å². The number of carbonyl (C=O) groups is 2. The van der Waals surface area contributed by atoms with Crippen molar-refractivity contribution in [1.82, 2.24) is 10.3 Å². The number of rotatable bonds is 8. The number of nitrogens with zero attached hydrogens (tertiary/aromatic N) is 1. The molecular weight excluding hydrogens is 268 g/mol. The van der Waals surface area contributed by atoms with Crippen molar-refractivity contribution in [3.63, 3.8) is 0 Å². The second-order valence-corrected chi connectivity index (χ2v) is 4.92. The number of thiazole rings is 1. The van der Waals surface area contributed by atoms with Crippen molar-refractivity contribution in [2.24, 2.45) is 0 Å². The van der Waals surface area contributed by atoms with Crippen molar-refractivity contribution in [2.75, 3.05) is 7.11 Å². The van der Waals surface area contributed by atoms with E-state index >= 15 is 0 Å². The van der Waals surface area contributed by atoms with Gasteiger partial charge >= 0.3 is 5.97 Å². The molecule has 2 N–H and O–H groups in total. The Labute approximate surface area is 115 Å². The molecule has 0 radical (unpaired) electrons. The van der Waals surface area contributed by atoms with Gasteiger partial charge in [-0.3, -0.25) is 4.79 Å². The number of carboxylic acids is 1. The molecule has 106 valence electrons. The van der Waals surface area contributed by atoms with Crippen molar-refractivity contribution < 1.29 is 19.4 Å². The van der Waals surface area contributed by atoms with E-state index in [0.717, 1.165) is 12.8 Å². The number of amides is 1. The SMILES string of the molecule is CCCCC(NC(=O)c1scnc1COC)C(=O)O. The fraction of sp³-hybridized carbons (Fsp3) is 0.583. The van der Waals surface area contributed by atoms with Gasteiger partial charge in [-0.05, 0) is 6.42 Å². The maximum atomic E-state index is 12.0. The van der Waals surface area contributed by atoms with Crippen LogP contribution in [0.15, 0.2) is 5.51 Å². The average Bonchev–Trinajstić information content (AvgIpc) is 2.82. The Bertz CT molecular complexity index is 433. The van der Waals surface area contributed by atoms with Crippen LogP contribution in [0.4, 0.5) is 0 Å². The predicted octanol–water partition coefficient (Wildman–Crippen LogP) is 1.66. The molecule has 6 nitrogen and oxygen atoms in total. The first kappa shape index (κ1) is 15.6. The Kier molecular flexibility index (Phi) is 6.44. The largest absolute Gasteiger partial charge is 0.480 e. The number of carboxylic acid groups (broad SMARTS) is 1. The zero-order chi connectivity index (χ0) is 14.3. The highest BCUT2D eigenvalue weighted by atomic mass is 32.1. The van der Waals surface area contributed by atoms with Gasteiger partial charge < -0.3 is 15.2 Å². The molecule has 7 heteroatoms. The number of ether oxygens (including phenoxy) is 1. The van der Waals surface area contributed by atoms with Crippen LogP contribution < -0.4 is 5.32 Å². The Morgan fingerprint density at radius 2 is 2.32 bits per heavy atom. The molecule has 0 bridgehead atoms. The summed E-state index contributed by atoms with van der Waals surface area (Å²) in [7, 11) is 1.52. The van der Waals surface area contributed by atoms with Gasteiger partial charge in [-0.15, -0.1) is 11.3 Å². The lowest BCUT2D eigenvalue weighted by atomic mass is 10.1.